The van der Waals surface area contributed by atoms with Gasteiger partial charge >= 0.3 is 0 Å². The van der Waals surface area contributed by atoms with E-state index in [9.17, 15) is 9.59 Å². The van der Waals surface area contributed by atoms with Crippen molar-refractivity contribution in [1.82, 2.24) is 4.90 Å². The fourth-order valence-corrected chi connectivity index (χ4v) is 2.79. The molecule has 2 aromatic rings. The molecule has 2 rings (SSSR count). The number of nitrogens with one attached hydrogen (secondary N) is 1. The smallest absolute Gasteiger partial charge is 0.262 e. The second-order valence-electron chi connectivity index (χ2n) is 5.47. The van der Waals surface area contributed by atoms with Gasteiger partial charge in [-0.15, -0.1) is 0 Å². The molecule has 0 saturated heterocycles. The van der Waals surface area contributed by atoms with Crippen LogP contribution in [0.15, 0.2) is 42.5 Å². The molecule has 1 N–H and O–H groups in total. The predicted octanol–water partition coefficient (Wildman–Crippen LogP) is 4.49. The first-order valence-corrected chi connectivity index (χ1v) is 8.97. The van der Waals surface area contributed by atoms with Gasteiger partial charge in [-0.25, -0.2) is 0 Å². The summed E-state index contributed by atoms with van der Waals surface area (Å²) in [7, 11) is 0. The number of nitrogens with zero attached hydrogens (tertiary/aromatic N) is 1. The second-order valence-corrected chi connectivity index (χ2v) is 6.31. The van der Waals surface area contributed by atoms with E-state index in [1.807, 2.05) is 13.8 Å². The molecule has 5 nitrogen and oxygen atoms in total. The minimum absolute atomic E-state index is 0.0337. The predicted molar refractivity (Wildman–Crippen MR) is 104 cm³/mol. The van der Waals surface area contributed by atoms with Crippen LogP contribution in [-0.2, 0) is 4.79 Å². The number of carbonyl (C=O) groups excluding carboxylic acids is 2. The monoisotopic (exact) mass is 394 g/mol. The van der Waals surface area contributed by atoms with Gasteiger partial charge in [0.1, 0.15) is 5.75 Å². The molecule has 0 aliphatic carbocycles. The number of hydrogen-bond donors (Lipinski definition) is 1. The van der Waals surface area contributed by atoms with Crippen LogP contribution < -0.4 is 10.1 Å². The summed E-state index contributed by atoms with van der Waals surface area (Å²) < 4.78 is 5.38. The van der Waals surface area contributed by atoms with Crippen LogP contribution in [0, 0.1) is 0 Å². The van der Waals surface area contributed by atoms with Crippen molar-refractivity contribution in [2.75, 3.05) is 25.0 Å². The third kappa shape index (κ3) is 5.38. The average Bonchev–Trinajstić information content (AvgIpc) is 2.62. The van der Waals surface area contributed by atoms with Gasteiger partial charge in [-0.3, -0.25) is 9.59 Å². The molecule has 7 heteroatoms. The maximum absolute atomic E-state index is 12.3. The van der Waals surface area contributed by atoms with Crippen molar-refractivity contribution in [3.05, 3.63) is 58.1 Å². The Morgan fingerprint density at radius 3 is 2.27 bits per heavy atom. The van der Waals surface area contributed by atoms with Gasteiger partial charge in [0.2, 0.25) is 0 Å². The SMILES string of the molecule is CCN(CC)C(=O)c1ccc(NC(=O)COc2ccc(Cl)cc2Cl)cc1. The summed E-state index contributed by atoms with van der Waals surface area (Å²) in [5.74, 6) is 0.0128. The molecule has 0 aliphatic heterocycles. The van der Waals surface area contributed by atoms with Crippen LogP contribution in [0.4, 0.5) is 5.69 Å². The Morgan fingerprint density at radius 1 is 1.04 bits per heavy atom. The van der Waals surface area contributed by atoms with Gasteiger partial charge in [0, 0.05) is 29.4 Å². The van der Waals surface area contributed by atoms with Crippen molar-refractivity contribution in [2.24, 2.45) is 0 Å². The van der Waals surface area contributed by atoms with Crippen LogP contribution >= 0.6 is 23.2 Å². The van der Waals surface area contributed by atoms with E-state index in [4.69, 9.17) is 27.9 Å². The molecule has 0 fully saturated rings. The van der Waals surface area contributed by atoms with E-state index in [-0.39, 0.29) is 18.4 Å². The molecule has 0 heterocycles. The number of anilines is 1. The van der Waals surface area contributed by atoms with Crippen molar-refractivity contribution >= 4 is 40.7 Å². The molecule has 0 unspecified atom stereocenters. The van der Waals surface area contributed by atoms with Gasteiger partial charge < -0.3 is 15.0 Å². The molecule has 2 aromatic carbocycles. The topological polar surface area (TPSA) is 58.6 Å². The quantitative estimate of drug-likeness (QED) is 0.752. The highest BCUT2D eigenvalue weighted by Crippen LogP contribution is 2.27. The number of halogens is 2. The summed E-state index contributed by atoms with van der Waals surface area (Å²) in [5, 5.41) is 3.54. The summed E-state index contributed by atoms with van der Waals surface area (Å²) >= 11 is 11.8. The molecule has 0 aliphatic rings. The molecule has 0 atom stereocenters. The number of ether oxygens (including phenoxy) is 1. The largest absolute Gasteiger partial charge is 0.482 e. The summed E-state index contributed by atoms with van der Waals surface area (Å²) in [6.45, 7) is 4.98. The molecule has 0 bridgehead atoms. The number of benzene rings is 2. The molecule has 0 saturated carbocycles. The van der Waals surface area contributed by atoms with Crippen LogP contribution in [0.25, 0.3) is 0 Å². The Hall–Kier alpha value is -2.24. The third-order valence-corrected chi connectivity index (χ3v) is 4.25. The lowest BCUT2D eigenvalue weighted by Crippen LogP contribution is -2.30. The van der Waals surface area contributed by atoms with Gasteiger partial charge in [-0.05, 0) is 56.3 Å². The van der Waals surface area contributed by atoms with Crippen molar-refractivity contribution in [1.29, 1.82) is 0 Å². The van der Waals surface area contributed by atoms with Gasteiger partial charge in [0.05, 0.1) is 5.02 Å². The average molecular weight is 395 g/mol. The minimum Gasteiger partial charge on any atom is -0.482 e. The van der Waals surface area contributed by atoms with Crippen LogP contribution in [0.3, 0.4) is 0 Å². The van der Waals surface area contributed by atoms with Crippen molar-refractivity contribution < 1.29 is 14.3 Å². The summed E-state index contributed by atoms with van der Waals surface area (Å²) in [5.41, 5.74) is 1.16. The van der Waals surface area contributed by atoms with E-state index >= 15 is 0 Å². The van der Waals surface area contributed by atoms with E-state index in [2.05, 4.69) is 5.32 Å². The molecule has 0 aromatic heterocycles. The van der Waals surface area contributed by atoms with Gasteiger partial charge in [0.15, 0.2) is 6.61 Å². The Balaban J connectivity index is 1.92. The Labute approximate surface area is 162 Å². The maximum Gasteiger partial charge on any atom is 0.262 e. The minimum atomic E-state index is -0.334. The molecule has 0 spiro atoms. The van der Waals surface area contributed by atoms with Gasteiger partial charge in [-0.1, -0.05) is 23.2 Å². The van der Waals surface area contributed by atoms with Crippen molar-refractivity contribution in [3.8, 4) is 5.75 Å². The normalized spacial score (nSPS) is 10.3. The fraction of sp³-hybridized carbons (Fsp3) is 0.263. The highest BCUT2D eigenvalue weighted by molar-refractivity contribution is 6.35. The zero-order chi connectivity index (χ0) is 19.1. The first-order chi connectivity index (χ1) is 12.4. The van der Waals surface area contributed by atoms with Crippen molar-refractivity contribution in [2.45, 2.75) is 13.8 Å². The number of amides is 2. The first-order valence-electron chi connectivity index (χ1n) is 8.21. The zero-order valence-electron chi connectivity index (χ0n) is 14.6. The lowest BCUT2D eigenvalue weighted by atomic mass is 10.2. The lowest BCUT2D eigenvalue weighted by molar-refractivity contribution is -0.118. The van der Waals surface area contributed by atoms with Crippen LogP contribution in [0.2, 0.25) is 10.0 Å². The van der Waals surface area contributed by atoms with Gasteiger partial charge in [-0.2, -0.15) is 0 Å². The third-order valence-electron chi connectivity index (χ3n) is 3.72. The maximum atomic E-state index is 12.3. The zero-order valence-corrected chi connectivity index (χ0v) is 16.1. The summed E-state index contributed by atoms with van der Waals surface area (Å²) in [6.07, 6.45) is 0. The highest BCUT2D eigenvalue weighted by Gasteiger charge is 2.12. The number of rotatable bonds is 7. The summed E-state index contributed by atoms with van der Waals surface area (Å²) in [6, 6.07) is 11.5. The molecule has 0 radical (unpaired) electrons. The van der Waals surface area contributed by atoms with E-state index < -0.39 is 0 Å². The van der Waals surface area contributed by atoms with E-state index in [0.29, 0.717) is 40.1 Å². The van der Waals surface area contributed by atoms with E-state index in [1.54, 1.807) is 47.4 Å². The van der Waals surface area contributed by atoms with Crippen LogP contribution in [0.1, 0.15) is 24.2 Å². The summed E-state index contributed by atoms with van der Waals surface area (Å²) in [4.78, 5) is 26.0. The van der Waals surface area contributed by atoms with Gasteiger partial charge in [0.25, 0.3) is 11.8 Å². The molecule has 138 valence electrons. The Bertz CT molecular complexity index is 775. The highest BCUT2D eigenvalue weighted by atomic mass is 35.5. The molecule has 2 amide bonds. The van der Waals surface area contributed by atoms with E-state index in [1.165, 1.54) is 0 Å². The fourth-order valence-electron chi connectivity index (χ4n) is 2.32. The Kier molecular flexibility index (Phi) is 7.30. The van der Waals surface area contributed by atoms with Crippen LogP contribution in [0.5, 0.6) is 5.75 Å². The molecule has 26 heavy (non-hydrogen) atoms. The standard InChI is InChI=1S/C19H20Cl2N2O3/c1-3-23(4-2)19(25)13-5-8-15(9-6-13)22-18(24)12-26-17-10-7-14(20)11-16(17)21/h5-11H,3-4,12H2,1-2H3,(H,22,24). The number of carbonyl (C=O) groups is 2. The molecular weight excluding hydrogens is 375 g/mol. The van der Waals surface area contributed by atoms with Crippen molar-refractivity contribution in [3.63, 3.8) is 0 Å². The second kappa shape index (κ2) is 9.46. The van der Waals surface area contributed by atoms with Crippen LogP contribution in [-0.4, -0.2) is 36.4 Å². The first kappa shape index (κ1) is 20.1. The Morgan fingerprint density at radius 2 is 1.69 bits per heavy atom. The number of hydrogen-bond acceptors (Lipinski definition) is 3. The molecular formula is C19H20Cl2N2O3. The lowest BCUT2D eigenvalue weighted by Gasteiger charge is -2.18. The van der Waals surface area contributed by atoms with E-state index in [0.717, 1.165) is 0 Å².